The van der Waals surface area contributed by atoms with Crippen LogP contribution in [0.15, 0.2) is 24.3 Å². The van der Waals surface area contributed by atoms with Gasteiger partial charge in [-0.25, -0.2) is 4.98 Å². The average Bonchev–Trinajstić information content (AvgIpc) is 2.58. The first-order valence-electron chi connectivity index (χ1n) is 5.57. The summed E-state index contributed by atoms with van der Waals surface area (Å²) in [5, 5.41) is 5.29. The number of thiazole rings is 1. The summed E-state index contributed by atoms with van der Waals surface area (Å²) >= 11 is 7.69. The minimum Gasteiger partial charge on any atom is -0.385 e. The van der Waals surface area contributed by atoms with Crippen molar-refractivity contribution in [2.24, 2.45) is 0 Å². The van der Waals surface area contributed by atoms with Gasteiger partial charge in [0.15, 0.2) is 0 Å². The van der Waals surface area contributed by atoms with Crippen LogP contribution < -0.4 is 5.32 Å². The highest BCUT2D eigenvalue weighted by Crippen LogP contribution is 2.18. The van der Waals surface area contributed by atoms with Crippen LogP contribution in [0.4, 0.5) is 5.69 Å². The summed E-state index contributed by atoms with van der Waals surface area (Å²) in [6.45, 7) is 5.05. The SMILES string of the molecule is Cc1nc(CCNc2cccc(Cl)c2)sc1C. The first kappa shape index (κ1) is 12.4. The van der Waals surface area contributed by atoms with Gasteiger partial charge >= 0.3 is 0 Å². The van der Waals surface area contributed by atoms with Crippen molar-refractivity contribution in [3.05, 3.63) is 44.9 Å². The van der Waals surface area contributed by atoms with Crippen molar-refractivity contribution in [2.75, 3.05) is 11.9 Å². The molecular formula is C13H15ClN2S. The molecule has 4 heteroatoms. The Balaban J connectivity index is 1.87. The van der Waals surface area contributed by atoms with Crippen molar-refractivity contribution in [2.45, 2.75) is 20.3 Å². The molecule has 0 fully saturated rings. The zero-order chi connectivity index (χ0) is 12.3. The van der Waals surface area contributed by atoms with E-state index in [1.54, 1.807) is 11.3 Å². The Morgan fingerprint density at radius 1 is 1.35 bits per heavy atom. The molecule has 0 spiro atoms. The Bertz CT molecular complexity index is 488. The molecule has 0 saturated heterocycles. The van der Waals surface area contributed by atoms with Gasteiger partial charge in [-0.3, -0.25) is 0 Å². The third kappa shape index (κ3) is 3.45. The van der Waals surface area contributed by atoms with E-state index in [-0.39, 0.29) is 0 Å². The van der Waals surface area contributed by atoms with Crippen LogP contribution in [-0.2, 0) is 6.42 Å². The molecule has 0 saturated carbocycles. The summed E-state index contributed by atoms with van der Waals surface area (Å²) in [5.74, 6) is 0. The highest BCUT2D eigenvalue weighted by atomic mass is 35.5. The summed E-state index contributed by atoms with van der Waals surface area (Å²) in [4.78, 5) is 5.82. The number of anilines is 1. The maximum atomic E-state index is 5.91. The fourth-order valence-electron chi connectivity index (χ4n) is 1.56. The predicted molar refractivity (Wildman–Crippen MR) is 75.2 cm³/mol. The van der Waals surface area contributed by atoms with Gasteiger partial charge in [0.1, 0.15) is 0 Å². The number of aryl methyl sites for hydroxylation is 2. The quantitative estimate of drug-likeness (QED) is 0.902. The summed E-state index contributed by atoms with van der Waals surface area (Å²) in [6, 6.07) is 7.77. The molecule has 0 aliphatic rings. The second-order valence-electron chi connectivity index (χ2n) is 3.94. The van der Waals surface area contributed by atoms with Gasteiger partial charge in [0.05, 0.1) is 10.7 Å². The number of halogens is 1. The van der Waals surface area contributed by atoms with E-state index in [2.05, 4.69) is 24.1 Å². The zero-order valence-electron chi connectivity index (χ0n) is 9.96. The molecule has 2 nitrogen and oxygen atoms in total. The lowest BCUT2D eigenvalue weighted by Gasteiger charge is -2.04. The van der Waals surface area contributed by atoms with Crippen molar-refractivity contribution < 1.29 is 0 Å². The van der Waals surface area contributed by atoms with E-state index in [1.807, 2.05) is 24.3 Å². The highest BCUT2D eigenvalue weighted by molar-refractivity contribution is 7.11. The van der Waals surface area contributed by atoms with Crippen LogP contribution in [0.5, 0.6) is 0 Å². The fraction of sp³-hybridized carbons (Fsp3) is 0.308. The van der Waals surface area contributed by atoms with E-state index in [4.69, 9.17) is 11.6 Å². The number of nitrogens with zero attached hydrogens (tertiary/aromatic N) is 1. The minimum atomic E-state index is 0.760. The number of aromatic nitrogens is 1. The molecule has 90 valence electrons. The lowest BCUT2D eigenvalue weighted by molar-refractivity contribution is 0.985. The van der Waals surface area contributed by atoms with Gasteiger partial charge < -0.3 is 5.32 Å². The average molecular weight is 267 g/mol. The maximum Gasteiger partial charge on any atom is 0.0948 e. The van der Waals surface area contributed by atoms with Gasteiger partial charge in [0.25, 0.3) is 0 Å². The van der Waals surface area contributed by atoms with Gasteiger partial charge in [-0.05, 0) is 32.0 Å². The lowest BCUT2D eigenvalue weighted by atomic mass is 10.3. The smallest absolute Gasteiger partial charge is 0.0948 e. The summed E-state index contributed by atoms with van der Waals surface area (Å²) in [7, 11) is 0. The Kier molecular flexibility index (Phi) is 4.02. The number of rotatable bonds is 4. The third-order valence-corrected chi connectivity index (χ3v) is 3.93. The van der Waals surface area contributed by atoms with Crippen LogP contribution in [0.3, 0.4) is 0 Å². The molecule has 1 aromatic carbocycles. The Morgan fingerprint density at radius 3 is 2.82 bits per heavy atom. The van der Waals surface area contributed by atoms with Gasteiger partial charge in [-0.15, -0.1) is 11.3 Å². The number of hydrogen-bond donors (Lipinski definition) is 1. The summed E-state index contributed by atoms with van der Waals surface area (Å²) < 4.78 is 0. The molecule has 0 aliphatic heterocycles. The van der Waals surface area contributed by atoms with Crippen LogP contribution in [0.25, 0.3) is 0 Å². The van der Waals surface area contributed by atoms with Crippen molar-refractivity contribution in [1.29, 1.82) is 0 Å². The van der Waals surface area contributed by atoms with Crippen LogP contribution >= 0.6 is 22.9 Å². The van der Waals surface area contributed by atoms with E-state index >= 15 is 0 Å². The maximum absolute atomic E-state index is 5.91. The summed E-state index contributed by atoms with van der Waals surface area (Å²) in [5.41, 5.74) is 2.20. The van der Waals surface area contributed by atoms with Crippen molar-refractivity contribution in [3.63, 3.8) is 0 Å². The Hall–Kier alpha value is -1.06. The number of benzene rings is 1. The van der Waals surface area contributed by atoms with Gasteiger partial charge in [0.2, 0.25) is 0 Å². The molecule has 1 N–H and O–H groups in total. The first-order chi connectivity index (χ1) is 8.15. The molecule has 2 rings (SSSR count). The number of nitrogens with one attached hydrogen (secondary N) is 1. The second-order valence-corrected chi connectivity index (χ2v) is 5.66. The van der Waals surface area contributed by atoms with Gasteiger partial charge in [0, 0.05) is 28.6 Å². The first-order valence-corrected chi connectivity index (χ1v) is 6.77. The molecule has 17 heavy (non-hydrogen) atoms. The molecule has 0 aliphatic carbocycles. The lowest BCUT2D eigenvalue weighted by Crippen LogP contribution is -2.04. The summed E-state index contributed by atoms with van der Waals surface area (Å²) in [6.07, 6.45) is 0.950. The largest absolute Gasteiger partial charge is 0.385 e. The molecule has 0 bridgehead atoms. The normalized spacial score (nSPS) is 10.5. The Labute approximate surface area is 111 Å². The fourth-order valence-corrected chi connectivity index (χ4v) is 2.68. The predicted octanol–water partition coefficient (Wildman–Crippen LogP) is 4.07. The van der Waals surface area contributed by atoms with Crippen LogP contribution in [0, 0.1) is 13.8 Å². The second kappa shape index (κ2) is 5.52. The minimum absolute atomic E-state index is 0.760. The van der Waals surface area contributed by atoms with E-state index in [1.165, 1.54) is 9.88 Å². The van der Waals surface area contributed by atoms with Crippen molar-refractivity contribution in [1.82, 2.24) is 4.98 Å². The molecule has 0 unspecified atom stereocenters. The molecule has 2 aromatic rings. The molecule has 1 aromatic heterocycles. The number of hydrogen-bond acceptors (Lipinski definition) is 3. The van der Waals surface area contributed by atoms with Crippen molar-refractivity contribution in [3.8, 4) is 0 Å². The molecule has 1 heterocycles. The van der Waals surface area contributed by atoms with Gasteiger partial charge in [-0.1, -0.05) is 17.7 Å². The standard InChI is InChI=1S/C13H15ClN2S/c1-9-10(2)17-13(16-9)6-7-15-12-5-3-4-11(14)8-12/h3-5,8,15H,6-7H2,1-2H3. The van der Waals surface area contributed by atoms with Crippen molar-refractivity contribution >= 4 is 28.6 Å². The van der Waals surface area contributed by atoms with E-state index in [9.17, 15) is 0 Å². The highest BCUT2D eigenvalue weighted by Gasteiger charge is 2.02. The van der Waals surface area contributed by atoms with E-state index in [0.29, 0.717) is 0 Å². The van der Waals surface area contributed by atoms with Gasteiger partial charge in [-0.2, -0.15) is 0 Å². The Morgan fingerprint density at radius 2 is 2.18 bits per heavy atom. The molecule has 0 atom stereocenters. The molecular weight excluding hydrogens is 252 g/mol. The third-order valence-electron chi connectivity index (χ3n) is 2.57. The van der Waals surface area contributed by atoms with E-state index < -0.39 is 0 Å². The molecule has 0 amide bonds. The molecule has 0 radical (unpaired) electrons. The van der Waals surface area contributed by atoms with Crippen LogP contribution in [-0.4, -0.2) is 11.5 Å². The zero-order valence-corrected chi connectivity index (χ0v) is 11.5. The van der Waals surface area contributed by atoms with Crippen LogP contribution in [0.1, 0.15) is 15.6 Å². The topological polar surface area (TPSA) is 24.9 Å². The van der Waals surface area contributed by atoms with Crippen LogP contribution in [0.2, 0.25) is 5.02 Å². The van der Waals surface area contributed by atoms with E-state index in [0.717, 1.165) is 29.4 Å². The monoisotopic (exact) mass is 266 g/mol.